The lowest BCUT2D eigenvalue weighted by Crippen LogP contribution is -2.23. The van der Waals surface area contributed by atoms with Crippen molar-refractivity contribution in [3.8, 4) is 11.5 Å². The van der Waals surface area contributed by atoms with Crippen molar-refractivity contribution in [2.45, 2.75) is 52.4 Å². The van der Waals surface area contributed by atoms with Crippen LogP contribution in [0, 0.1) is 0 Å². The van der Waals surface area contributed by atoms with Gasteiger partial charge in [-0.25, -0.2) is 4.79 Å². The highest BCUT2D eigenvalue weighted by Gasteiger charge is 2.27. The maximum atomic E-state index is 11.4. The fraction of sp³-hybridized carbons (Fsp3) is 0.562. The molecule has 0 spiro atoms. The maximum absolute atomic E-state index is 11.4. The number of amides is 1. The fourth-order valence-electron chi connectivity index (χ4n) is 1.97. The van der Waals surface area contributed by atoms with E-state index in [2.05, 4.69) is 5.32 Å². The summed E-state index contributed by atoms with van der Waals surface area (Å²) in [6.07, 6.45) is -0.518. The summed E-state index contributed by atoms with van der Waals surface area (Å²) in [4.78, 5) is 11.4. The van der Waals surface area contributed by atoms with Gasteiger partial charge in [-0.15, -0.1) is 0 Å². The molecule has 0 heterocycles. The molecule has 20 heavy (non-hydrogen) atoms. The molecule has 1 aromatic carbocycles. The largest absolute Gasteiger partial charge is 0.507 e. The van der Waals surface area contributed by atoms with Gasteiger partial charge in [0.2, 0.25) is 0 Å². The second kappa shape index (κ2) is 5.35. The van der Waals surface area contributed by atoms with Crippen LogP contribution in [0.3, 0.4) is 0 Å². The first kappa shape index (κ1) is 16.3. The Morgan fingerprint density at radius 2 is 1.45 bits per heavy atom. The van der Waals surface area contributed by atoms with Crippen LogP contribution < -0.4 is 10.1 Å². The average molecular weight is 279 g/mol. The summed E-state index contributed by atoms with van der Waals surface area (Å²) in [6, 6.07) is 3.44. The second-order valence-corrected chi connectivity index (χ2v) is 7.01. The lowest BCUT2D eigenvalue weighted by Gasteiger charge is -2.27. The van der Waals surface area contributed by atoms with Crippen LogP contribution in [-0.4, -0.2) is 18.2 Å². The molecule has 0 aliphatic heterocycles. The predicted molar refractivity (Wildman–Crippen MR) is 80.6 cm³/mol. The Morgan fingerprint density at radius 3 is 1.75 bits per heavy atom. The molecule has 0 saturated carbocycles. The third-order valence-corrected chi connectivity index (χ3v) is 3.11. The monoisotopic (exact) mass is 279 g/mol. The molecule has 4 nitrogen and oxygen atoms in total. The molecular formula is C16H25NO3. The third-order valence-electron chi connectivity index (χ3n) is 3.11. The van der Waals surface area contributed by atoms with Gasteiger partial charge in [-0.2, -0.15) is 0 Å². The highest BCUT2D eigenvalue weighted by atomic mass is 16.5. The van der Waals surface area contributed by atoms with Gasteiger partial charge in [0, 0.05) is 18.2 Å². The summed E-state index contributed by atoms with van der Waals surface area (Å²) >= 11 is 0. The van der Waals surface area contributed by atoms with Crippen LogP contribution in [0.2, 0.25) is 0 Å². The highest BCUT2D eigenvalue weighted by Crippen LogP contribution is 2.41. The van der Waals surface area contributed by atoms with Crippen molar-refractivity contribution in [3.05, 3.63) is 23.3 Å². The number of benzene rings is 1. The Bertz CT molecular complexity index is 472. The first-order valence-electron chi connectivity index (χ1n) is 6.74. The van der Waals surface area contributed by atoms with Gasteiger partial charge >= 0.3 is 6.09 Å². The van der Waals surface area contributed by atoms with E-state index < -0.39 is 6.09 Å². The molecule has 1 amide bonds. The molecule has 1 rings (SSSR count). The number of hydrogen-bond donors (Lipinski definition) is 2. The van der Waals surface area contributed by atoms with Crippen molar-refractivity contribution >= 4 is 6.09 Å². The molecule has 0 atom stereocenters. The Labute approximate surface area is 121 Å². The summed E-state index contributed by atoms with van der Waals surface area (Å²) in [5.74, 6) is 0.714. The first-order chi connectivity index (χ1) is 8.96. The van der Waals surface area contributed by atoms with E-state index in [1.54, 1.807) is 12.1 Å². The van der Waals surface area contributed by atoms with E-state index in [1.807, 2.05) is 41.5 Å². The Morgan fingerprint density at radius 1 is 1.05 bits per heavy atom. The van der Waals surface area contributed by atoms with E-state index in [-0.39, 0.29) is 16.6 Å². The minimum absolute atomic E-state index is 0.244. The van der Waals surface area contributed by atoms with Gasteiger partial charge in [-0.3, -0.25) is 0 Å². The SMILES string of the molecule is CNC(=O)Oc1cc(C(C)(C)C)c(O)c(C(C)(C)C)c1. The predicted octanol–water partition coefficient (Wildman–Crippen LogP) is 3.71. The fourth-order valence-corrected chi connectivity index (χ4v) is 1.97. The van der Waals surface area contributed by atoms with Crippen molar-refractivity contribution in [2.24, 2.45) is 0 Å². The topological polar surface area (TPSA) is 58.6 Å². The van der Waals surface area contributed by atoms with Crippen LogP contribution >= 0.6 is 0 Å². The van der Waals surface area contributed by atoms with Gasteiger partial charge < -0.3 is 15.2 Å². The average Bonchev–Trinajstić information content (AvgIpc) is 2.28. The lowest BCUT2D eigenvalue weighted by molar-refractivity contribution is 0.202. The van der Waals surface area contributed by atoms with Crippen molar-refractivity contribution in [2.75, 3.05) is 7.05 Å². The van der Waals surface area contributed by atoms with E-state index in [0.717, 1.165) is 11.1 Å². The number of aromatic hydroxyl groups is 1. The zero-order valence-electron chi connectivity index (χ0n) is 13.4. The standard InChI is InChI=1S/C16H25NO3/c1-15(2,3)11-8-10(20-14(19)17-7)9-12(13(11)18)16(4,5)6/h8-9,18H,1-7H3,(H,17,19). The number of hydrogen-bond acceptors (Lipinski definition) is 3. The third kappa shape index (κ3) is 3.65. The molecule has 0 aliphatic carbocycles. The zero-order chi connectivity index (χ0) is 15.7. The second-order valence-electron chi connectivity index (χ2n) is 7.01. The van der Waals surface area contributed by atoms with E-state index >= 15 is 0 Å². The minimum atomic E-state index is -0.518. The molecule has 0 fully saturated rings. The van der Waals surface area contributed by atoms with Gasteiger partial charge in [0.1, 0.15) is 11.5 Å². The lowest BCUT2D eigenvalue weighted by atomic mass is 9.79. The molecule has 2 N–H and O–H groups in total. The van der Waals surface area contributed by atoms with E-state index in [1.165, 1.54) is 7.05 Å². The first-order valence-corrected chi connectivity index (χ1v) is 6.74. The van der Waals surface area contributed by atoms with Gasteiger partial charge in [0.25, 0.3) is 0 Å². The number of phenolic OH excluding ortho intramolecular Hbond substituents is 1. The molecule has 4 heteroatoms. The number of ether oxygens (including phenoxy) is 1. The number of carbonyl (C=O) groups excluding carboxylic acids is 1. The van der Waals surface area contributed by atoms with Crippen molar-refractivity contribution < 1.29 is 14.6 Å². The molecule has 0 aromatic heterocycles. The number of carbonyl (C=O) groups is 1. The number of rotatable bonds is 1. The number of nitrogens with one attached hydrogen (secondary N) is 1. The Hall–Kier alpha value is -1.71. The van der Waals surface area contributed by atoms with Crippen LogP contribution in [0.5, 0.6) is 11.5 Å². The zero-order valence-corrected chi connectivity index (χ0v) is 13.4. The number of phenols is 1. The molecular weight excluding hydrogens is 254 g/mol. The highest BCUT2D eigenvalue weighted by molar-refractivity contribution is 5.70. The van der Waals surface area contributed by atoms with Crippen LogP contribution in [0.25, 0.3) is 0 Å². The van der Waals surface area contributed by atoms with Crippen LogP contribution in [0.1, 0.15) is 52.7 Å². The van der Waals surface area contributed by atoms with Crippen LogP contribution in [0.4, 0.5) is 4.79 Å². The van der Waals surface area contributed by atoms with Crippen molar-refractivity contribution in [1.82, 2.24) is 5.32 Å². The summed E-state index contributed by atoms with van der Waals surface area (Å²) in [5, 5.41) is 12.9. The van der Waals surface area contributed by atoms with Crippen molar-refractivity contribution in [3.63, 3.8) is 0 Å². The molecule has 0 radical (unpaired) electrons. The van der Waals surface area contributed by atoms with Crippen LogP contribution in [-0.2, 0) is 10.8 Å². The Kier molecular flexibility index (Phi) is 4.37. The van der Waals surface area contributed by atoms with E-state index in [4.69, 9.17) is 4.74 Å². The van der Waals surface area contributed by atoms with E-state index in [9.17, 15) is 9.90 Å². The molecule has 112 valence electrons. The molecule has 0 saturated heterocycles. The van der Waals surface area contributed by atoms with Crippen LogP contribution in [0.15, 0.2) is 12.1 Å². The summed E-state index contributed by atoms with van der Waals surface area (Å²) in [6.45, 7) is 12.1. The molecule has 1 aromatic rings. The maximum Gasteiger partial charge on any atom is 0.412 e. The molecule has 0 aliphatic rings. The van der Waals surface area contributed by atoms with E-state index in [0.29, 0.717) is 5.75 Å². The van der Waals surface area contributed by atoms with Gasteiger partial charge in [-0.1, -0.05) is 41.5 Å². The molecule has 0 bridgehead atoms. The smallest absolute Gasteiger partial charge is 0.412 e. The van der Waals surface area contributed by atoms with Gasteiger partial charge in [0.15, 0.2) is 0 Å². The van der Waals surface area contributed by atoms with Gasteiger partial charge in [0.05, 0.1) is 0 Å². The quantitative estimate of drug-likeness (QED) is 0.824. The summed E-state index contributed by atoms with van der Waals surface area (Å²) in [7, 11) is 1.51. The van der Waals surface area contributed by atoms with Gasteiger partial charge in [-0.05, 0) is 23.0 Å². The van der Waals surface area contributed by atoms with Crippen molar-refractivity contribution in [1.29, 1.82) is 0 Å². The minimum Gasteiger partial charge on any atom is -0.507 e. The summed E-state index contributed by atoms with van der Waals surface area (Å²) in [5.41, 5.74) is 1.05. The normalized spacial score (nSPS) is 12.2. The Balaban J connectivity index is 3.46. The molecule has 0 unspecified atom stereocenters. The summed E-state index contributed by atoms with van der Waals surface area (Å²) < 4.78 is 5.23.